The molecule has 8 heteroatoms. The Kier molecular flexibility index (Phi) is 5.72. The molecule has 1 aliphatic rings. The molecule has 1 aliphatic heterocycles. The molecule has 26 heavy (non-hydrogen) atoms. The van der Waals surface area contributed by atoms with Crippen molar-refractivity contribution < 1.29 is 14.3 Å². The maximum absolute atomic E-state index is 12.3. The highest BCUT2D eigenvalue weighted by molar-refractivity contribution is 7.08. The molecule has 0 aromatic carbocycles. The Morgan fingerprint density at radius 1 is 1.27 bits per heavy atom. The lowest BCUT2D eigenvalue weighted by Gasteiger charge is -2.31. The highest BCUT2D eigenvalue weighted by Gasteiger charge is 2.25. The van der Waals surface area contributed by atoms with Gasteiger partial charge in [0.1, 0.15) is 6.10 Å². The second-order valence-corrected chi connectivity index (χ2v) is 7.11. The molecule has 0 aliphatic carbocycles. The van der Waals surface area contributed by atoms with Crippen molar-refractivity contribution in [2.45, 2.75) is 18.9 Å². The fourth-order valence-electron chi connectivity index (χ4n) is 2.68. The number of amides is 3. The summed E-state index contributed by atoms with van der Waals surface area (Å²) in [6.07, 6.45) is 3.16. The van der Waals surface area contributed by atoms with E-state index in [9.17, 15) is 9.59 Å². The van der Waals surface area contributed by atoms with Gasteiger partial charge < -0.3 is 19.9 Å². The highest BCUT2D eigenvalue weighted by Crippen LogP contribution is 2.20. The van der Waals surface area contributed by atoms with Gasteiger partial charge in [0.2, 0.25) is 5.88 Å². The van der Waals surface area contributed by atoms with E-state index in [1.165, 1.54) is 16.2 Å². The van der Waals surface area contributed by atoms with Gasteiger partial charge in [-0.1, -0.05) is 0 Å². The van der Waals surface area contributed by atoms with Gasteiger partial charge in [0.15, 0.2) is 0 Å². The summed E-state index contributed by atoms with van der Waals surface area (Å²) in [5.41, 5.74) is 1.37. The third kappa shape index (κ3) is 4.51. The maximum Gasteiger partial charge on any atom is 0.321 e. The van der Waals surface area contributed by atoms with Crippen LogP contribution >= 0.6 is 11.3 Å². The van der Waals surface area contributed by atoms with Crippen LogP contribution in [0.5, 0.6) is 5.88 Å². The maximum atomic E-state index is 12.3. The largest absolute Gasteiger partial charge is 0.474 e. The first-order valence-electron chi connectivity index (χ1n) is 8.45. The summed E-state index contributed by atoms with van der Waals surface area (Å²) < 4.78 is 5.91. The first kappa shape index (κ1) is 18.2. The molecular weight excluding hydrogens is 352 g/mol. The smallest absolute Gasteiger partial charge is 0.321 e. The molecule has 1 fully saturated rings. The molecule has 0 unspecified atom stereocenters. The van der Waals surface area contributed by atoms with Crippen molar-refractivity contribution in [3.05, 3.63) is 40.7 Å². The summed E-state index contributed by atoms with van der Waals surface area (Å²) in [5, 5.41) is 6.53. The van der Waals surface area contributed by atoms with Crippen LogP contribution in [0, 0.1) is 0 Å². The van der Waals surface area contributed by atoms with Crippen molar-refractivity contribution in [1.29, 1.82) is 0 Å². The first-order valence-corrected chi connectivity index (χ1v) is 9.39. The summed E-state index contributed by atoms with van der Waals surface area (Å²) >= 11 is 1.53. The molecule has 3 amide bonds. The molecule has 2 aromatic rings. The standard InChI is InChI=1S/C18H22N4O3S/c1-21(2)18(24)20-14-3-4-16(19-11-14)25-15-5-8-22(9-6-15)17(23)13-7-10-26-12-13/h3-4,7,10-12,15H,5-6,8-9H2,1-2H3,(H,20,24). The lowest BCUT2D eigenvalue weighted by Crippen LogP contribution is -2.41. The molecule has 0 saturated carbocycles. The van der Waals surface area contributed by atoms with Crippen LogP contribution < -0.4 is 10.1 Å². The fraction of sp³-hybridized carbons (Fsp3) is 0.389. The molecule has 7 nitrogen and oxygen atoms in total. The number of anilines is 1. The van der Waals surface area contributed by atoms with Gasteiger partial charge in [0, 0.05) is 51.5 Å². The number of hydrogen-bond acceptors (Lipinski definition) is 5. The van der Waals surface area contributed by atoms with E-state index in [2.05, 4.69) is 10.3 Å². The number of rotatable bonds is 4. The number of nitrogens with zero attached hydrogens (tertiary/aromatic N) is 3. The lowest BCUT2D eigenvalue weighted by atomic mass is 10.1. The number of nitrogens with one attached hydrogen (secondary N) is 1. The predicted molar refractivity (Wildman–Crippen MR) is 101 cm³/mol. The Balaban J connectivity index is 1.48. The van der Waals surface area contributed by atoms with Crippen LogP contribution in [0.4, 0.5) is 10.5 Å². The van der Waals surface area contributed by atoms with Crippen LogP contribution in [-0.4, -0.2) is 60.0 Å². The van der Waals surface area contributed by atoms with Gasteiger partial charge >= 0.3 is 6.03 Å². The highest BCUT2D eigenvalue weighted by atomic mass is 32.1. The van der Waals surface area contributed by atoms with Crippen LogP contribution in [0.25, 0.3) is 0 Å². The van der Waals surface area contributed by atoms with Crippen LogP contribution in [0.1, 0.15) is 23.2 Å². The van der Waals surface area contributed by atoms with Gasteiger partial charge in [-0.3, -0.25) is 4.79 Å². The Hall–Kier alpha value is -2.61. The van der Waals surface area contributed by atoms with E-state index in [-0.39, 0.29) is 18.0 Å². The quantitative estimate of drug-likeness (QED) is 0.893. The first-order chi connectivity index (χ1) is 12.5. The van der Waals surface area contributed by atoms with E-state index < -0.39 is 0 Å². The summed E-state index contributed by atoms with van der Waals surface area (Å²) in [6, 6.07) is 5.16. The van der Waals surface area contributed by atoms with Crippen molar-refractivity contribution in [2.24, 2.45) is 0 Å². The normalized spacial score (nSPS) is 14.8. The molecule has 0 spiro atoms. The van der Waals surface area contributed by atoms with E-state index in [1.54, 1.807) is 32.4 Å². The molecule has 0 bridgehead atoms. The van der Waals surface area contributed by atoms with Gasteiger partial charge in [-0.25, -0.2) is 9.78 Å². The van der Waals surface area contributed by atoms with Crippen molar-refractivity contribution >= 4 is 29.0 Å². The number of carbonyl (C=O) groups excluding carboxylic acids is 2. The molecular formula is C18H22N4O3S. The minimum Gasteiger partial charge on any atom is -0.474 e. The minimum absolute atomic E-state index is 0.0382. The molecule has 2 aromatic heterocycles. The average molecular weight is 374 g/mol. The fourth-order valence-corrected chi connectivity index (χ4v) is 3.31. The summed E-state index contributed by atoms with van der Waals surface area (Å²) in [7, 11) is 3.35. The second-order valence-electron chi connectivity index (χ2n) is 6.33. The summed E-state index contributed by atoms with van der Waals surface area (Å²) in [4.78, 5) is 31.5. The Labute approximate surface area is 156 Å². The van der Waals surface area contributed by atoms with Crippen LogP contribution in [-0.2, 0) is 0 Å². The third-order valence-electron chi connectivity index (χ3n) is 4.18. The minimum atomic E-state index is -0.205. The van der Waals surface area contributed by atoms with Crippen LogP contribution in [0.2, 0.25) is 0 Å². The van der Waals surface area contributed by atoms with E-state index in [1.807, 2.05) is 21.7 Å². The molecule has 0 radical (unpaired) electrons. The summed E-state index contributed by atoms with van der Waals surface area (Å²) in [5.74, 6) is 0.610. The number of ether oxygens (including phenoxy) is 1. The Bertz CT molecular complexity index is 738. The van der Waals surface area contributed by atoms with Crippen molar-refractivity contribution in [3.63, 3.8) is 0 Å². The Morgan fingerprint density at radius 3 is 2.62 bits per heavy atom. The topological polar surface area (TPSA) is 74.8 Å². The number of piperidine rings is 1. The molecule has 138 valence electrons. The van der Waals surface area contributed by atoms with Crippen molar-refractivity contribution in [2.75, 3.05) is 32.5 Å². The van der Waals surface area contributed by atoms with Gasteiger partial charge in [0.25, 0.3) is 5.91 Å². The lowest BCUT2D eigenvalue weighted by molar-refractivity contribution is 0.0588. The molecule has 3 heterocycles. The average Bonchev–Trinajstić information content (AvgIpc) is 3.18. The van der Waals surface area contributed by atoms with E-state index in [0.717, 1.165) is 18.4 Å². The number of carbonyl (C=O) groups is 2. The number of likely N-dealkylation sites (tertiary alicyclic amines) is 1. The number of aromatic nitrogens is 1. The molecule has 3 rings (SSSR count). The number of pyridine rings is 1. The Morgan fingerprint density at radius 2 is 2.04 bits per heavy atom. The van der Waals surface area contributed by atoms with E-state index >= 15 is 0 Å². The summed E-state index contributed by atoms with van der Waals surface area (Å²) in [6.45, 7) is 1.35. The predicted octanol–water partition coefficient (Wildman–Crippen LogP) is 2.92. The van der Waals surface area contributed by atoms with Crippen LogP contribution in [0.15, 0.2) is 35.2 Å². The third-order valence-corrected chi connectivity index (χ3v) is 4.86. The zero-order valence-corrected chi connectivity index (χ0v) is 15.7. The SMILES string of the molecule is CN(C)C(=O)Nc1ccc(OC2CCN(C(=O)c3ccsc3)CC2)nc1. The number of thiophene rings is 1. The van der Waals surface area contributed by atoms with Crippen molar-refractivity contribution in [1.82, 2.24) is 14.8 Å². The molecule has 1 saturated heterocycles. The monoisotopic (exact) mass is 374 g/mol. The van der Waals surface area contributed by atoms with Crippen molar-refractivity contribution in [3.8, 4) is 5.88 Å². The zero-order valence-electron chi connectivity index (χ0n) is 14.8. The van der Waals surface area contributed by atoms with Gasteiger partial charge in [-0.15, -0.1) is 0 Å². The number of hydrogen-bond donors (Lipinski definition) is 1. The second kappa shape index (κ2) is 8.18. The van der Waals surface area contributed by atoms with E-state index in [4.69, 9.17) is 4.74 Å². The van der Waals surface area contributed by atoms with Gasteiger partial charge in [-0.2, -0.15) is 11.3 Å². The van der Waals surface area contributed by atoms with Gasteiger partial charge in [0.05, 0.1) is 17.4 Å². The van der Waals surface area contributed by atoms with E-state index in [0.29, 0.717) is 24.7 Å². The zero-order chi connectivity index (χ0) is 18.5. The van der Waals surface area contributed by atoms with Gasteiger partial charge in [-0.05, 0) is 17.5 Å². The van der Waals surface area contributed by atoms with Crippen LogP contribution in [0.3, 0.4) is 0 Å². The molecule has 0 atom stereocenters. The molecule has 1 N–H and O–H groups in total. The number of urea groups is 1.